The predicted octanol–water partition coefficient (Wildman–Crippen LogP) is 0.472. The van der Waals surface area contributed by atoms with Crippen molar-refractivity contribution in [1.82, 2.24) is 14.5 Å². The van der Waals surface area contributed by atoms with Crippen LogP contribution in [0.15, 0.2) is 35.2 Å². The molecule has 1 N–H and O–H groups in total. The van der Waals surface area contributed by atoms with E-state index >= 15 is 0 Å². The highest BCUT2D eigenvalue weighted by molar-refractivity contribution is 8.00. The summed E-state index contributed by atoms with van der Waals surface area (Å²) in [6, 6.07) is 9.83. The van der Waals surface area contributed by atoms with Crippen molar-refractivity contribution in [2.24, 2.45) is 0 Å². The lowest BCUT2D eigenvalue weighted by atomic mass is 10.3. The predicted molar refractivity (Wildman–Crippen MR) is 93.0 cm³/mol. The average molecular weight is 358 g/mol. The van der Waals surface area contributed by atoms with Gasteiger partial charge in [0.15, 0.2) is 0 Å². The van der Waals surface area contributed by atoms with Gasteiger partial charge in [-0.25, -0.2) is 8.42 Å². The van der Waals surface area contributed by atoms with E-state index < -0.39 is 10.0 Å². The molecule has 1 aromatic carbocycles. The zero-order valence-electron chi connectivity index (χ0n) is 13.3. The number of carbonyl (C=O) groups is 1. The highest BCUT2D eigenvalue weighted by atomic mass is 32.2. The molecule has 8 heteroatoms. The molecule has 1 fully saturated rings. The highest BCUT2D eigenvalue weighted by Gasteiger charge is 2.22. The second kappa shape index (κ2) is 8.68. The van der Waals surface area contributed by atoms with Gasteiger partial charge in [0.2, 0.25) is 15.9 Å². The summed E-state index contributed by atoms with van der Waals surface area (Å²) in [5.41, 5.74) is 0. The van der Waals surface area contributed by atoms with Gasteiger partial charge in [-0.2, -0.15) is 4.31 Å². The number of amides is 1. The van der Waals surface area contributed by atoms with Crippen LogP contribution >= 0.6 is 11.8 Å². The minimum Gasteiger partial charge on any atom is -0.354 e. The van der Waals surface area contributed by atoms with Crippen molar-refractivity contribution in [2.45, 2.75) is 4.90 Å². The van der Waals surface area contributed by atoms with Crippen LogP contribution in [-0.4, -0.2) is 74.8 Å². The Hall–Kier alpha value is -1.09. The third-order valence-corrected chi connectivity index (χ3v) is 5.98. The van der Waals surface area contributed by atoms with E-state index in [2.05, 4.69) is 10.2 Å². The topological polar surface area (TPSA) is 69.7 Å². The molecule has 1 aromatic rings. The van der Waals surface area contributed by atoms with Crippen LogP contribution in [-0.2, 0) is 14.8 Å². The molecule has 0 radical (unpaired) electrons. The van der Waals surface area contributed by atoms with Gasteiger partial charge in [-0.05, 0) is 12.1 Å². The smallest absolute Gasteiger partial charge is 0.230 e. The van der Waals surface area contributed by atoms with E-state index in [1.165, 1.54) is 22.3 Å². The lowest BCUT2D eigenvalue weighted by Crippen LogP contribution is -2.50. The normalized spacial score (nSPS) is 17.1. The van der Waals surface area contributed by atoms with E-state index in [1.807, 2.05) is 30.3 Å². The first kappa shape index (κ1) is 18.3. The Morgan fingerprint density at radius 3 is 2.43 bits per heavy atom. The maximum atomic E-state index is 11.8. The molecule has 1 saturated heterocycles. The van der Waals surface area contributed by atoms with Crippen molar-refractivity contribution >= 4 is 27.7 Å². The molecule has 0 aliphatic carbocycles. The Morgan fingerprint density at radius 1 is 1.17 bits per heavy atom. The maximum Gasteiger partial charge on any atom is 0.230 e. The fraction of sp³-hybridized carbons (Fsp3) is 0.533. The van der Waals surface area contributed by atoms with Crippen molar-refractivity contribution in [3.63, 3.8) is 0 Å². The number of hydrogen-bond donors (Lipinski definition) is 1. The molecule has 0 atom stereocenters. The van der Waals surface area contributed by atoms with Gasteiger partial charge in [0.25, 0.3) is 0 Å². The molecule has 23 heavy (non-hydrogen) atoms. The van der Waals surface area contributed by atoms with Crippen LogP contribution in [0.4, 0.5) is 0 Å². The van der Waals surface area contributed by atoms with Crippen LogP contribution in [0.25, 0.3) is 0 Å². The van der Waals surface area contributed by atoms with E-state index in [4.69, 9.17) is 0 Å². The number of rotatable bonds is 7. The third-order valence-electron chi connectivity index (χ3n) is 3.66. The van der Waals surface area contributed by atoms with Gasteiger partial charge in [-0.15, -0.1) is 11.8 Å². The zero-order valence-corrected chi connectivity index (χ0v) is 14.9. The number of benzene rings is 1. The number of nitrogens with one attached hydrogen (secondary N) is 1. The van der Waals surface area contributed by atoms with Crippen LogP contribution in [0, 0.1) is 0 Å². The van der Waals surface area contributed by atoms with Crippen LogP contribution in [0.5, 0.6) is 0 Å². The molecular formula is C15H23N3O3S2. The largest absolute Gasteiger partial charge is 0.354 e. The molecule has 0 unspecified atom stereocenters. The van der Waals surface area contributed by atoms with Crippen molar-refractivity contribution in [2.75, 3.05) is 51.3 Å². The summed E-state index contributed by atoms with van der Waals surface area (Å²) in [5, 5.41) is 2.91. The Balaban J connectivity index is 1.59. The van der Waals surface area contributed by atoms with E-state index in [0.29, 0.717) is 38.5 Å². The van der Waals surface area contributed by atoms with E-state index in [-0.39, 0.29) is 5.91 Å². The molecule has 128 valence electrons. The fourth-order valence-electron chi connectivity index (χ4n) is 2.35. The van der Waals surface area contributed by atoms with Gasteiger partial charge < -0.3 is 5.32 Å². The monoisotopic (exact) mass is 357 g/mol. The Labute approximate surface area is 142 Å². The molecule has 1 aliphatic heterocycles. The van der Waals surface area contributed by atoms with Gasteiger partial charge in [-0.1, -0.05) is 18.2 Å². The Kier molecular flexibility index (Phi) is 6.88. The fourth-order valence-corrected chi connectivity index (χ4v) is 3.93. The lowest BCUT2D eigenvalue weighted by molar-refractivity contribution is -0.118. The third kappa shape index (κ3) is 6.50. The molecule has 0 aromatic heterocycles. The molecule has 0 bridgehead atoms. The molecule has 0 saturated carbocycles. The van der Waals surface area contributed by atoms with Gasteiger partial charge in [-0.3, -0.25) is 9.69 Å². The first-order valence-electron chi connectivity index (χ1n) is 7.57. The number of hydrogen-bond acceptors (Lipinski definition) is 5. The number of nitrogens with zero attached hydrogens (tertiary/aromatic N) is 2. The first-order valence-corrected chi connectivity index (χ1v) is 10.4. The summed E-state index contributed by atoms with van der Waals surface area (Å²) in [5.74, 6) is 0.430. The van der Waals surface area contributed by atoms with Crippen molar-refractivity contribution in [3.05, 3.63) is 30.3 Å². The molecule has 1 aliphatic rings. The van der Waals surface area contributed by atoms with Gasteiger partial charge in [0, 0.05) is 44.2 Å². The van der Waals surface area contributed by atoms with Gasteiger partial charge in [0.1, 0.15) is 0 Å². The van der Waals surface area contributed by atoms with Gasteiger partial charge in [0.05, 0.1) is 12.0 Å². The minimum atomic E-state index is -3.08. The van der Waals surface area contributed by atoms with Gasteiger partial charge >= 0.3 is 0 Å². The minimum absolute atomic E-state index is 0.0219. The number of sulfonamides is 1. The van der Waals surface area contributed by atoms with Crippen LogP contribution in [0.3, 0.4) is 0 Å². The molecule has 6 nitrogen and oxygen atoms in total. The molecule has 2 rings (SSSR count). The SMILES string of the molecule is CS(=O)(=O)N1CCN(CCNC(=O)CSc2ccccc2)CC1. The summed E-state index contributed by atoms with van der Waals surface area (Å²) in [7, 11) is -3.08. The first-order chi connectivity index (χ1) is 10.9. The number of carbonyl (C=O) groups excluding carboxylic acids is 1. The summed E-state index contributed by atoms with van der Waals surface area (Å²) < 4.78 is 24.4. The summed E-state index contributed by atoms with van der Waals surface area (Å²) in [6.07, 6.45) is 1.24. The standard InChI is InChI=1S/C15H23N3O3S2/c1-23(20,21)18-11-9-17(10-12-18)8-7-16-15(19)13-22-14-5-3-2-4-6-14/h2-6H,7-13H2,1H3,(H,16,19). The lowest BCUT2D eigenvalue weighted by Gasteiger charge is -2.33. The van der Waals surface area contributed by atoms with Crippen molar-refractivity contribution < 1.29 is 13.2 Å². The van der Waals surface area contributed by atoms with E-state index in [1.54, 1.807) is 0 Å². The van der Waals surface area contributed by atoms with Crippen LogP contribution in [0.2, 0.25) is 0 Å². The molecule has 1 heterocycles. The highest BCUT2D eigenvalue weighted by Crippen LogP contribution is 2.16. The molecule has 1 amide bonds. The molecule has 0 spiro atoms. The van der Waals surface area contributed by atoms with Crippen LogP contribution < -0.4 is 5.32 Å². The quantitative estimate of drug-likeness (QED) is 0.719. The summed E-state index contributed by atoms with van der Waals surface area (Å²) >= 11 is 1.52. The number of piperazine rings is 1. The molecular weight excluding hydrogens is 334 g/mol. The van der Waals surface area contributed by atoms with Crippen molar-refractivity contribution in [3.8, 4) is 0 Å². The van der Waals surface area contributed by atoms with Crippen molar-refractivity contribution in [1.29, 1.82) is 0 Å². The van der Waals surface area contributed by atoms with E-state index in [9.17, 15) is 13.2 Å². The maximum absolute atomic E-state index is 11.8. The zero-order chi connectivity index (χ0) is 16.7. The van der Waals surface area contributed by atoms with E-state index in [0.717, 1.165) is 11.4 Å². The summed E-state index contributed by atoms with van der Waals surface area (Å²) in [4.78, 5) is 15.1. The van der Waals surface area contributed by atoms with Crippen LogP contribution in [0.1, 0.15) is 0 Å². The summed E-state index contributed by atoms with van der Waals surface area (Å²) in [6.45, 7) is 3.81. The second-order valence-corrected chi connectivity index (χ2v) is 8.49. The second-order valence-electron chi connectivity index (χ2n) is 5.46. The Bertz CT molecular complexity index is 600. The number of thioether (sulfide) groups is 1. The average Bonchev–Trinajstić information content (AvgIpc) is 2.53. The Morgan fingerprint density at radius 2 is 1.83 bits per heavy atom.